The van der Waals surface area contributed by atoms with E-state index in [1.807, 2.05) is 13.8 Å². The van der Waals surface area contributed by atoms with Crippen LogP contribution in [0.2, 0.25) is 5.02 Å². The van der Waals surface area contributed by atoms with Gasteiger partial charge >= 0.3 is 0 Å². The largest absolute Gasteiger partial charge is 0.495 e. The zero-order chi connectivity index (χ0) is 13.0. The van der Waals surface area contributed by atoms with Crippen LogP contribution < -0.4 is 9.47 Å². The summed E-state index contributed by atoms with van der Waals surface area (Å²) in [6.07, 6.45) is 0.298. The van der Waals surface area contributed by atoms with Crippen molar-refractivity contribution >= 4 is 11.6 Å². The van der Waals surface area contributed by atoms with Crippen molar-refractivity contribution in [2.24, 2.45) is 5.92 Å². The van der Waals surface area contributed by atoms with Gasteiger partial charge in [0.15, 0.2) is 0 Å². The Kier molecular flexibility index (Phi) is 5.09. The Morgan fingerprint density at radius 3 is 2.41 bits per heavy atom. The molecule has 0 aliphatic heterocycles. The van der Waals surface area contributed by atoms with E-state index in [0.717, 1.165) is 6.42 Å². The van der Waals surface area contributed by atoms with Gasteiger partial charge in [0.1, 0.15) is 16.5 Å². The summed E-state index contributed by atoms with van der Waals surface area (Å²) in [6, 6.07) is 3.53. The highest BCUT2D eigenvalue weighted by molar-refractivity contribution is 6.33. The van der Waals surface area contributed by atoms with Crippen LogP contribution in [0.25, 0.3) is 0 Å². The molecule has 0 spiro atoms. The van der Waals surface area contributed by atoms with E-state index in [2.05, 4.69) is 0 Å². The average molecular weight is 259 g/mol. The van der Waals surface area contributed by atoms with Gasteiger partial charge < -0.3 is 14.6 Å². The molecule has 96 valence electrons. The minimum atomic E-state index is -0.585. The molecule has 0 aliphatic rings. The second-order valence-electron chi connectivity index (χ2n) is 4.03. The zero-order valence-electron chi connectivity index (χ0n) is 10.7. The predicted octanol–water partition coefficient (Wildman–Crippen LogP) is 3.44. The third-order valence-corrected chi connectivity index (χ3v) is 3.38. The molecule has 0 saturated heterocycles. The van der Waals surface area contributed by atoms with Crippen molar-refractivity contribution in [3.05, 3.63) is 22.7 Å². The van der Waals surface area contributed by atoms with Crippen LogP contribution in [0.4, 0.5) is 0 Å². The third kappa shape index (κ3) is 2.85. The van der Waals surface area contributed by atoms with Gasteiger partial charge in [0.25, 0.3) is 0 Å². The predicted molar refractivity (Wildman–Crippen MR) is 69.0 cm³/mol. The molecule has 0 radical (unpaired) electrons. The molecule has 0 aromatic heterocycles. The molecular formula is C13H19ClO3. The molecule has 1 aromatic carbocycles. The lowest BCUT2D eigenvalue weighted by molar-refractivity contribution is 0.112. The minimum Gasteiger partial charge on any atom is -0.495 e. The molecule has 0 bridgehead atoms. The van der Waals surface area contributed by atoms with Gasteiger partial charge in [0.05, 0.1) is 20.3 Å². The topological polar surface area (TPSA) is 38.7 Å². The second-order valence-corrected chi connectivity index (χ2v) is 4.41. The third-order valence-electron chi connectivity index (χ3n) is 3.02. The summed E-state index contributed by atoms with van der Waals surface area (Å²) in [5, 5.41) is 10.6. The molecule has 3 nitrogen and oxygen atoms in total. The summed E-state index contributed by atoms with van der Waals surface area (Å²) in [7, 11) is 3.08. The molecule has 1 N–H and O–H groups in total. The second kappa shape index (κ2) is 6.12. The van der Waals surface area contributed by atoms with E-state index < -0.39 is 6.10 Å². The molecule has 0 saturated carbocycles. The van der Waals surface area contributed by atoms with E-state index in [1.54, 1.807) is 19.2 Å². The summed E-state index contributed by atoms with van der Waals surface area (Å²) in [5.74, 6) is 1.18. The van der Waals surface area contributed by atoms with Crippen LogP contribution in [0.3, 0.4) is 0 Å². The van der Waals surface area contributed by atoms with Crippen molar-refractivity contribution in [3.8, 4) is 11.5 Å². The number of hydrogen-bond acceptors (Lipinski definition) is 3. The van der Waals surface area contributed by atoms with Crippen molar-refractivity contribution in [2.75, 3.05) is 14.2 Å². The Hall–Kier alpha value is -0.930. The molecule has 17 heavy (non-hydrogen) atoms. The number of methoxy groups -OCH3 is 2. The zero-order valence-corrected chi connectivity index (χ0v) is 11.4. The standard InChI is InChI=1S/C13H19ClO3/c1-5-8(2)12(15)9-6-7-10(16-3)11(14)13(9)17-4/h6-8,12,15H,5H2,1-4H3. The molecule has 0 fully saturated rings. The normalized spacial score (nSPS) is 14.2. The molecule has 0 aliphatic carbocycles. The van der Waals surface area contributed by atoms with Crippen LogP contribution in [0.1, 0.15) is 31.9 Å². The smallest absolute Gasteiger partial charge is 0.147 e. The number of ether oxygens (including phenoxy) is 2. The number of halogens is 1. The summed E-state index contributed by atoms with van der Waals surface area (Å²) < 4.78 is 10.4. The minimum absolute atomic E-state index is 0.147. The van der Waals surface area contributed by atoms with Crippen LogP contribution in [-0.4, -0.2) is 19.3 Å². The van der Waals surface area contributed by atoms with Gasteiger partial charge in [0, 0.05) is 5.56 Å². The number of aliphatic hydroxyl groups excluding tert-OH is 1. The lowest BCUT2D eigenvalue weighted by Crippen LogP contribution is -2.10. The first kappa shape index (κ1) is 14.1. The van der Waals surface area contributed by atoms with Crippen LogP contribution in [0.15, 0.2) is 12.1 Å². The van der Waals surface area contributed by atoms with Crippen molar-refractivity contribution in [2.45, 2.75) is 26.4 Å². The monoisotopic (exact) mass is 258 g/mol. The number of benzene rings is 1. The fraction of sp³-hybridized carbons (Fsp3) is 0.538. The van der Waals surface area contributed by atoms with E-state index >= 15 is 0 Å². The maximum atomic E-state index is 10.2. The van der Waals surface area contributed by atoms with Crippen molar-refractivity contribution in [1.29, 1.82) is 0 Å². The lowest BCUT2D eigenvalue weighted by atomic mass is 9.94. The Labute approximate surface area is 107 Å². The SMILES string of the molecule is CCC(C)C(O)c1ccc(OC)c(Cl)c1OC. The average Bonchev–Trinajstić information content (AvgIpc) is 2.36. The van der Waals surface area contributed by atoms with Crippen LogP contribution in [-0.2, 0) is 0 Å². The van der Waals surface area contributed by atoms with Gasteiger partial charge in [0.2, 0.25) is 0 Å². The van der Waals surface area contributed by atoms with Gasteiger partial charge in [-0.05, 0) is 18.1 Å². The van der Waals surface area contributed by atoms with E-state index in [-0.39, 0.29) is 5.92 Å². The maximum Gasteiger partial charge on any atom is 0.147 e. The summed E-state index contributed by atoms with van der Waals surface area (Å²) >= 11 is 6.15. The molecule has 2 unspecified atom stereocenters. The van der Waals surface area contributed by atoms with E-state index in [9.17, 15) is 5.11 Å². The molecule has 2 atom stereocenters. The van der Waals surface area contributed by atoms with Gasteiger partial charge in [-0.1, -0.05) is 31.9 Å². The van der Waals surface area contributed by atoms with Crippen molar-refractivity contribution in [1.82, 2.24) is 0 Å². The van der Waals surface area contributed by atoms with Gasteiger partial charge in [-0.15, -0.1) is 0 Å². The van der Waals surface area contributed by atoms with Crippen LogP contribution in [0.5, 0.6) is 11.5 Å². The highest BCUT2D eigenvalue weighted by Gasteiger charge is 2.22. The van der Waals surface area contributed by atoms with Gasteiger partial charge in [-0.3, -0.25) is 0 Å². The highest BCUT2D eigenvalue weighted by Crippen LogP contribution is 2.41. The maximum absolute atomic E-state index is 10.2. The molecule has 1 rings (SSSR count). The van der Waals surface area contributed by atoms with E-state index in [4.69, 9.17) is 21.1 Å². The Morgan fingerprint density at radius 1 is 1.29 bits per heavy atom. The summed E-state index contributed by atoms with van der Waals surface area (Å²) in [5.41, 5.74) is 0.702. The fourth-order valence-electron chi connectivity index (χ4n) is 1.68. The Bertz CT molecular complexity index is 379. The van der Waals surface area contributed by atoms with E-state index in [0.29, 0.717) is 22.1 Å². The van der Waals surface area contributed by atoms with E-state index in [1.165, 1.54) is 7.11 Å². The molecular weight excluding hydrogens is 240 g/mol. The number of rotatable bonds is 5. The number of aliphatic hydroxyl groups is 1. The molecule has 1 aromatic rings. The van der Waals surface area contributed by atoms with Gasteiger partial charge in [-0.2, -0.15) is 0 Å². The van der Waals surface area contributed by atoms with Crippen molar-refractivity contribution < 1.29 is 14.6 Å². The Balaban J connectivity index is 3.20. The first-order valence-corrected chi connectivity index (χ1v) is 6.03. The molecule has 0 heterocycles. The Morgan fingerprint density at radius 2 is 1.94 bits per heavy atom. The fourth-order valence-corrected chi connectivity index (χ4v) is 2.01. The van der Waals surface area contributed by atoms with Crippen molar-refractivity contribution in [3.63, 3.8) is 0 Å². The van der Waals surface area contributed by atoms with Crippen LogP contribution in [0, 0.1) is 5.92 Å². The number of hydrogen-bond donors (Lipinski definition) is 1. The first-order chi connectivity index (χ1) is 8.06. The molecule has 4 heteroatoms. The van der Waals surface area contributed by atoms with Crippen LogP contribution >= 0.6 is 11.6 Å². The summed E-state index contributed by atoms with van der Waals surface area (Å²) in [4.78, 5) is 0. The highest BCUT2D eigenvalue weighted by atomic mass is 35.5. The lowest BCUT2D eigenvalue weighted by Gasteiger charge is -2.21. The quantitative estimate of drug-likeness (QED) is 0.879. The first-order valence-electron chi connectivity index (χ1n) is 5.65. The van der Waals surface area contributed by atoms with Gasteiger partial charge in [-0.25, -0.2) is 0 Å². The molecule has 0 amide bonds. The summed E-state index contributed by atoms with van der Waals surface area (Å²) in [6.45, 7) is 4.02.